The summed E-state index contributed by atoms with van der Waals surface area (Å²) >= 11 is 0. The lowest BCUT2D eigenvalue weighted by Gasteiger charge is -2.05. The predicted molar refractivity (Wildman–Crippen MR) is 74.5 cm³/mol. The number of aromatic nitrogens is 3. The minimum Gasteiger partial charge on any atom is -0.292 e. The minimum atomic E-state index is -1.12. The van der Waals surface area contributed by atoms with E-state index in [-0.39, 0.29) is 5.56 Å². The molecule has 0 unspecified atom stereocenters. The van der Waals surface area contributed by atoms with E-state index in [1.807, 2.05) is 0 Å². The smallest absolute Gasteiger partial charge is 0.278 e. The van der Waals surface area contributed by atoms with Crippen LogP contribution >= 0.6 is 0 Å². The molecule has 0 aliphatic carbocycles. The van der Waals surface area contributed by atoms with E-state index in [9.17, 15) is 18.4 Å². The molecule has 0 aliphatic rings. The van der Waals surface area contributed by atoms with Gasteiger partial charge < -0.3 is 0 Å². The summed E-state index contributed by atoms with van der Waals surface area (Å²) in [6.07, 6.45) is 0. The van der Waals surface area contributed by atoms with Crippen LogP contribution in [-0.4, -0.2) is 20.8 Å². The highest BCUT2D eigenvalue weighted by Crippen LogP contribution is 2.10. The Morgan fingerprint density at radius 3 is 2.64 bits per heavy atom. The molecule has 22 heavy (non-hydrogen) atoms. The Kier molecular flexibility index (Phi) is 3.46. The summed E-state index contributed by atoms with van der Waals surface area (Å²) in [5.41, 5.74) is -0.0914. The Bertz CT molecular complexity index is 937. The van der Waals surface area contributed by atoms with Gasteiger partial charge in [-0.1, -0.05) is 17.3 Å². The maximum Gasteiger partial charge on any atom is 0.278 e. The van der Waals surface area contributed by atoms with Crippen molar-refractivity contribution in [3.63, 3.8) is 0 Å². The van der Waals surface area contributed by atoms with Crippen molar-refractivity contribution in [1.82, 2.24) is 15.0 Å². The van der Waals surface area contributed by atoms with Gasteiger partial charge in [-0.05, 0) is 30.3 Å². The van der Waals surface area contributed by atoms with Crippen LogP contribution in [0.15, 0.2) is 47.3 Å². The Labute approximate surface area is 122 Å². The molecule has 3 rings (SSSR count). The third-order valence-corrected chi connectivity index (χ3v) is 3.16. The monoisotopic (exact) mass is 301 g/mol. The lowest BCUT2D eigenvalue weighted by atomic mass is 10.1. The minimum absolute atomic E-state index is 0.0410. The average Bonchev–Trinajstić information content (AvgIpc) is 2.53. The SMILES string of the molecule is O=C(Cn1nnc2ccccc2c1=O)c1ccc(F)c(F)c1. The van der Waals surface area contributed by atoms with Gasteiger partial charge in [0.15, 0.2) is 17.4 Å². The van der Waals surface area contributed by atoms with Gasteiger partial charge in [0.2, 0.25) is 0 Å². The Morgan fingerprint density at radius 1 is 1.09 bits per heavy atom. The summed E-state index contributed by atoms with van der Waals surface area (Å²) in [4.78, 5) is 24.2. The molecule has 0 fully saturated rings. The van der Waals surface area contributed by atoms with Crippen molar-refractivity contribution in [2.24, 2.45) is 0 Å². The van der Waals surface area contributed by atoms with E-state index >= 15 is 0 Å². The molecule has 2 aromatic carbocycles. The molecule has 0 bridgehead atoms. The molecule has 3 aromatic rings. The van der Waals surface area contributed by atoms with Crippen molar-refractivity contribution in [1.29, 1.82) is 0 Å². The van der Waals surface area contributed by atoms with Crippen LogP contribution in [-0.2, 0) is 6.54 Å². The third-order valence-electron chi connectivity index (χ3n) is 3.16. The number of ketones is 1. The first-order valence-corrected chi connectivity index (χ1v) is 6.37. The van der Waals surface area contributed by atoms with Crippen LogP contribution in [0.4, 0.5) is 8.78 Å². The summed E-state index contributed by atoms with van der Waals surface area (Å²) in [5, 5.41) is 7.85. The summed E-state index contributed by atoms with van der Waals surface area (Å²) in [6.45, 7) is -0.401. The second-order valence-corrected chi connectivity index (χ2v) is 4.62. The van der Waals surface area contributed by atoms with Crippen molar-refractivity contribution in [3.05, 3.63) is 70.0 Å². The number of hydrogen-bond acceptors (Lipinski definition) is 4. The zero-order chi connectivity index (χ0) is 15.7. The molecule has 0 spiro atoms. The topological polar surface area (TPSA) is 64.8 Å². The van der Waals surface area contributed by atoms with Crippen molar-refractivity contribution in [2.75, 3.05) is 0 Å². The van der Waals surface area contributed by atoms with Gasteiger partial charge in [0.05, 0.1) is 5.39 Å². The number of rotatable bonds is 3. The van der Waals surface area contributed by atoms with E-state index in [2.05, 4.69) is 10.3 Å². The van der Waals surface area contributed by atoms with Gasteiger partial charge >= 0.3 is 0 Å². The fourth-order valence-electron chi connectivity index (χ4n) is 2.02. The fourth-order valence-corrected chi connectivity index (χ4v) is 2.02. The Balaban J connectivity index is 1.96. The van der Waals surface area contributed by atoms with Gasteiger partial charge in [-0.2, -0.15) is 0 Å². The van der Waals surface area contributed by atoms with Crippen LogP contribution in [0, 0.1) is 11.6 Å². The first-order chi connectivity index (χ1) is 10.6. The summed E-state index contributed by atoms with van der Waals surface area (Å²) < 4.78 is 26.9. The van der Waals surface area contributed by atoms with Crippen LogP contribution in [0.25, 0.3) is 10.9 Å². The number of carbonyl (C=O) groups is 1. The van der Waals surface area contributed by atoms with Gasteiger partial charge in [-0.3, -0.25) is 9.59 Å². The zero-order valence-electron chi connectivity index (χ0n) is 11.2. The molecule has 110 valence electrons. The predicted octanol–water partition coefficient (Wildman–Crippen LogP) is 1.95. The van der Waals surface area contributed by atoms with Crippen molar-refractivity contribution >= 4 is 16.7 Å². The molecule has 1 heterocycles. The maximum atomic E-state index is 13.1. The van der Waals surface area contributed by atoms with Crippen LogP contribution < -0.4 is 5.56 Å². The van der Waals surface area contributed by atoms with Crippen LogP contribution in [0.1, 0.15) is 10.4 Å². The first kappa shape index (κ1) is 14.0. The molecular formula is C15H9F2N3O2. The van der Waals surface area contributed by atoms with Crippen molar-refractivity contribution in [2.45, 2.75) is 6.54 Å². The highest BCUT2D eigenvalue weighted by molar-refractivity contribution is 5.95. The van der Waals surface area contributed by atoms with E-state index < -0.39 is 29.5 Å². The van der Waals surface area contributed by atoms with E-state index in [1.165, 1.54) is 0 Å². The van der Waals surface area contributed by atoms with Gasteiger partial charge in [0.1, 0.15) is 12.1 Å². The number of hydrogen-bond donors (Lipinski definition) is 0. The summed E-state index contributed by atoms with van der Waals surface area (Å²) in [7, 11) is 0. The summed E-state index contributed by atoms with van der Waals surface area (Å²) in [6, 6.07) is 9.39. The van der Waals surface area contributed by atoms with Gasteiger partial charge in [0.25, 0.3) is 5.56 Å². The third kappa shape index (κ3) is 2.48. The van der Waals surface area contributed by atoms with Crippen LogP contribution in [0.5, 0.6) is 0 Å². The van der Waals surface area contributed by atoms with Crippen LogP contribution in [0.3, 0.4) is 0 Å². The average molecular weight is 301 g/mol. The van der Waals surface area contributed by atoms with Crippen molar-refractivity contribution in [3.8, 4) is 0 Å². The number of benzene rings is 2. The molecule has 0 amide bonds. The number of fused-ring (bicyclic) bond motifs is 1. The number of nitrogens with zero attached hydrogens (tertiary/aromatic N) is 3. The van der Waals surface area contributed by atoms with E-state index in [0.29, 0.717) is 10.9 Å². The van der Waals surface area contributed by atoms with Gasteiger partial charge in [0, 0.05) is 5.56 Å². The molecule has 7 heteroatoms. The van der Waals surface area contributed by atoms with Gasteiger partial charge in [-0.15, -0.1) is 5.10 Å². The van der Waals surface area contributed by atoms with E-state index in [0.717, 1.165) is 22.9 Å². The second kappa shape index (κ2) is 5.44. The van der Waals surface area contributed by atoms with Gasteiger partial charge in [-0.25, -0.2) is 13.5 Å². The number of carbonyl (C=O) groups excluding carboxylic acids is 1. The standard InChI is InChI=1S/C15H9F2N3O2/c16-11-6-5-9(7-12(11)17)14(21)8-20-15(22)10-3-1-2-4-13(10)18-19-20/h1-7H,8H2. The molecule has 0 radical (unpaired) electrons. The Morgan fingerprint density at radius 2 is 1.86 bits per heavy atom. The molecule has 0 N–H and O–H groups in total. The second-order valence-electron chi connectivity index (χ2n) is 4.62. The maximum absolute atomic E-state index is 13.1. The molecule has 0 saturated carbocycles. The van der Waals surface area contributed by atoms with Crippen molar-refractivity contribution < 1.29 is 13.6 Å². The van der Waals surface area contributed by atoms with E-state index in [1.54, 1.807) is 24.3 Å². The van der Waals surface area contributed by atoms with Crippen LogP contribution in [0.2, 0.25) is 0 Å². The lowest BCUT2D eigenvalue weighted by Crippen LogP contribution is -2.27. The molecular weight excluding hydrogens is 292 g/mol. The summed E-state index contributed by atoms with van der Waals surface area (Å²) in [5.74, 6) is -2.73. The molecule has 5 nitrogen and oxygen atoms in total. The first-order valence-electron chi connectivity index (χ1n) is 6.37. The lowest BCUT2D eigenvalue weighted by molar-refractivity contribution is 0.0964. The highest BCUT2D eigenvalue weighted by atomic mass is 19.2. The largest absolute Gasteiger partial charge is 0.292 e. The van der Waals surface area contributed by atoms with E-state index in [4.69, 9.17) is 0 Å². The zero-order valence-corrected chi connectivity index (χ0v) is 11.2. The highest BCUT2D eigenvalue weighted by Gasteiger charge is 2.13. The molecule has 0 atom stereocenters. The molecule has 1 aromatic heterocycles. The molecule has 0 aliphatic heterocycles. The Hall–Kier alpha value is -2.96. The number of halogens is 2. The molecule has 0 saturated heterocycles. The fraction of sp³-hybridized carbons (Fsp3) is 0.0667. The number of Topliss-reactive ketones (excluding diaryl/α,β-unsaturated/α-hetero) is 1. The quantitative estimate of drug-likeness (QED) is 0.694. The normalized spacial score (nSPS) is 10.8.